The van der Waals surface area contributed by atoms with Crippen LogP contribution in [0.4, 0.5) is 0 Å². The van der Waals surface area contributed by atoms with Crippen LogP contribution in [0.1, 0.15) is 16.8 Å². The maximum Gasteiger partial charge on any atom is 0.0760 e. The van der Waals surface area contributed by atoms with Crippen LogP contribution in [0.3, 0.4) is 0 Å². The molecular formula is C12H13NO. The van der Waals surface area contributed by atoms with Crippen LogP contribution in [0.5, 0.6) is 0 Å². The summed E-state index contributed by atoms with van der Waals surface area (Å²) in [6, 6.07) is 7.99. The molecule has 14 heavy (non-hydrogen) atoms. The van der Waals surface area contributed by atoms with Gasteiger partial charge >= 0.3 is 0 Å². The molecule has 0 aliphatic heterocycles. The summed E-state index contributed by atoms with van der Waals surface area (Å²) in [4.78, 5) is 4.49. The molecule has 0 aliphatic rings. The SMILES string of the molecule is Cc1cc2cccc(CO)c2nc1C. The van der Waals surface area contributed by atoms with Crippen molar-refractivity contribution in [3.8, 4) is 0 Å². The van der Waals surface area contributed by atoms with Crippen LogP contribution in [-0.2, 0) is 6.61 Å². The molecule has 0 saturated carbocycles. The van der Waals surface area contributed by atoms with Crippen molar-refractivity contribution in [1.82, 2.24) is 4.98 Å². The Bertz CT molecular complexity index is 477. The quantitative estimate of drug-likeness (QED) is 0.743. The van der Waals surface area contributed by atoms with Crippen molar-refractivity contribution in [1.29, 1.82) is 0 Å². The molecule has 1 aromatic carbocycles. The Morgan fingerprint density at radius 2 is 2.07 bits per heavy atom. The molecule has 0 spiro atoms. The first-order valence-corrected chi connectivity index (χ1v) is 4.69. The number of pyridine rings is 1. The van der Waals surface area contributed by atoms with Gasteiger partial charge in [0.15, 0.2) is 0 Å². The number of rotatable bonds is 1. The molecule has 0 radical (unpaired) electrons. The van der Waals surface area contributed by atoms with E-state index in [2.05, 4.69) is 11.1 Å². The molecule has 0 saturated heterocycles. The van der Waals surface area contributed by atoms with Gasteiger partial charge in [-0.1, -0.05) is 18.2 Å². The summed E-state index contributed by atoms with van der Waals surface area (Å²) < 4.78 is 0. The van der Waals surface area contributed by atoms with E-state index in [1.165, 1.54) is 5.56 Å². The normalized spacial score (nSPS) is 10.8. The highest BCUT2D eigenvalue weighted by atomic mass is 16.3. The van der Waals surface area contributed by atoms with Gasteiger partial charge in [0.05, 0.1) is 12.1 Å². The summed E-state index contributed by atoms with van der Waals surface area (Å²) in [6.45, 7) is 4.09. The van der Waals surface area contributed by atoms with Crippen molar-refractivity contribution >= 4 is 10.9 Å². The Morgan fingerprint density at radius 1 is 1.29 bits per heavy atom. The molecule has 0 aliphatic carbocycles. The van der Waals surface area contributed by atoms with E-state index < -0.39 is 0 Å². The minimum Gasteiger partial charge on any atom is -0.392 e. The van der Waals surface area contributed by atoms with E-state index in [0.717, 1.165) is 22.2 Å². The number of nitrogens with zero attached hydrogens (tertiary/aromatic N) is 1. The third kappa shape index (κ3) is 1.38. The van der Waals surface area contributed by atoms with E-state index >= 15 is 0 Å². The van der Waals surface area contributed by atoms with E-state index in [1.54, 1.807) is 0 Å². The summed E-state index contributed by atoms with van der Waals surface area (Å²) in [7, 11) is 0. The third-order valence-corrected chi connectivity index (χ3v) is 2.54. The van der Waals surface area contributed by atoms with Gasteiger partial charge in [-0.15, -0.1) is 0 Å². The van der Waals surface area contributed by atoms with Gasteiger partial charge in [0.2, 0.25) is 0 Å². The van der Waals surface area contributed by atoms with Gasteiger partial charge in [-0.25, -0.2) is 0 Å². The molecule has 1 N–H and O–H groups in total. The van der Waals surface area contributed by atoms with Crippen molar-refractivity contribution in [2.24, 2.45) is 0 Å². The maximum absolute atomic E-state index is 9.16. The van der Waals surface area contributed by atoms with Gasteiger partial charge in [-0.3, -0.25) is 4.98 Å². The number of hydrogen-bond donors (Lipinski definition) is 1. The highest BCUT2D eigenvalue weighted by Crippen LogP contribution is 2.19. The number of aromatic nitrogens is 1. The molecule has 2 aromatic rings. The number of para-hydroxylation sites is 1. The van der Waals surface area contributed by atoms with Crippen molar-refractivity contribution < 1.29 is 5.11 Å². The number of aliphatic hydroxyl groups is 1. The maximum atomic E-state index is 9.16. The Labute approximate surface area is 83.2 Å². The summed E-state index contributed by atoms with van der Waals surface area (Å²) in [5, 5.41) is 10.3. The Hall–Kier alpha value is -1.41. The van der Waals surface area contributed by atoms with Gasteiger partial charge < -0.3 is 5.11 Å². The standard InChI is InChI=1S/C12H13NO/c1-8-6-10-4-3-5-11(7-14)12(10)13-9(8)2/h3-6,14H,7H2,1-2H3. The predicted molar refractivity (Wildman–Crippen MR) is 57.1 cm³/mol. The number of aryl methyl sites for hydroxylation is 2. The Kier molecular flexibility index (Phi) is 2.22. The molecular weight excluding hydrogens is 174 g/mol. The average molecular weight is 187 g/mol. The fourth-order valence-electron chi connectivity index (χ4n) is 1.59. The molecule has 2 rings (SSSR count). The topological polar surface area (TPSA) is 33.1 Å². The zero-order valence-electron chi connectivity index (χ0n) is 8.41. The van der Waals surface area contributed by atoms with E-state index in [1.807, 2.05) is 32.0 Å². The van der Waals surface area contributed by atoms with Crippen LogP contribution in [0.25, 0.3) is 10.9 Å². The molecule has 72 valence electrons. The van der Waals surface area contributed by atoms with Gasteiger partial charge in [-0.2, -0.15) is 0 Å². The first-order chi connectivity index (χ1) is 6.72. The minimum atomic E-state index is 0.0485. The van der Waals surface area contributed by atoms with Crippen LogP contribution >= 0.6 is 0 Å². The van der Waals surface area contributed by atoms with Gasteiger partial charge in [0, 0.05) is 16.6 Å². The number of fused-ring (bicyclic) bond motifs is 1. The smallest absolute Gasteiger partial charge is 0.0760 e. The van der Waals surface area contributed by atoms with Crippen LogP contribution in [-0.4, -0.2) is 10.1 Å². The predicted octanol–water partition coefficient (Wildman–Crippen LogP) is 2.34. The van der Waals surface area contributed by atoms with Crippen LogP contribution in [0, 0.1) is 13.8 Å². The Morgan fingerprint density at radius 3 is 2.79 bits per heavy atom. The molecule has 0 fully saturated rings. The van der Waals surface area contributed by atoms with E-state index in [9.17, 15) is 0 Å². The minimum absolute atomic E-state index is 0.0485. The lowest BCUT2D eigenvalue weighted by atomic mass is 10.1. The first kappa shape index (κ1) is 9.16. The monoisotopic (exact) mass is 187 g/mol. The van der Waals surface area contributed by atoms with Crippen molar-refractivity contribution in [2.75, 3.05) is 0 Å². The average Bonchev–Trinajstić information content (AvgIpc) is 2.19. The number of aliphatic hydroxyl groups excluding tert-OH is 1. The molecule has 0 atom stereocenters. The zero-order valence-corrected chi connectivity index (χ0v) is 8.41. The summed E-state index contributed by atoms with van der Waals surface area (Å²) >= 11 is 0. The second-order valence-corrected chi connectivity index (χ2v) is 3.54. The Balaban J connectivity index is 2.81. The van der Waals surface area contributed by atoms with Crippen molar-refractivity contribution in [3.63, 3.8) is 0 Å². The molecule has 0 amide bonds. The van der Waals surface area contributed by atoms with E-state index in [-0.39, 0.29) is 6.61 Å². The van der Waals surface area contributed by atoms with Gasteiger partial charge in [0.25, 0.3) is 0 Å². The summed E-state index contributed by atoms with van der Waals surface area (Å²) in [5.41, 5.74) is 4.02. The molecule has 2 heteroatoms. The molecule has 0 unspecified atom stereocenters. The number of benzene rings is 1. The van der Waals surface area contributed by atoms with Crippen LogP contribution < -0.4 is 0 Å². The number of hydrogen-bond acceptors (Lipinski definition) is 2. The van der Waals surface area contributed by atoms with E-state index in [0.29, 0.717) is 0 Å². The zero-order chi connectivity index (χ0) is 10.1. The second-order valence-electron chi connectivity index (χ2n) is 3.54. The van der Waals surface area contributed by atoms with Gasteiger partial charge in [0.1, 0.15) is 0 Å². The summed E-state index contributed by atoms with van der Waals surface area (Å²) in [6.07, 6.45) is 0. The molecule has 0 bridgehead atoms. The largest absolute Gasteiger partial charge is 0.392 e. The second kappa shape index (κ2) is 3.39. The van der Waals surface area contributed by atoms with Crippen molar-refractivity contribution in [2.45, 2.75) is 20.5 Å². The lowest BCUT2D eigenvalue weighted by Crippen LogP contribution is -1.93. The van der Waals surface area contributed by atoms with Crippen LogP contribution in [0.2, 0.25) is 0 Å². The van der Waals surface area contributed by atoms with Gasteiger partial charge in [-0.05, 0) is 25.5 Å². The fraction of sp³-hybridized carbons (Fsp3) is 0.250. The van der Waals surface area contributed by atoms with E-state index in [4.69, 9.17) is 5.11 Å². The molecule has 1 aromatic heterocycles. The molecule has 2 nitrogen and oxygen atoms in total. The summed E-state index contributed by atoms with van der Waals surface area (Å²) in [5.74, 6) is 0. The lowest BCUT2D eigenvalue weighted by Gasteiger charge is -2.06. The highest BCUT2D eigenvalue weighted by Gasteiger charge is 2.03. The van der Waals surface area contributed by atoms with Crippen molar-refractivity contribution in [3.05, 3.63) is 41.1 Å². The molecule has 1 heterocycles. The highest BCUT2D eigenvalue weighted by molar-refractivity contribution is 5.82. The van der Waals surface area contributed by atoms with Crippen LogP contribution in [0.15, 0.2) is 24.3 Å². The lowest BCUT2D eigenvalue weighted by molar-refractivity contribution is 0.283. The first-order valence-electron chi connectivity index (χ1n) is 4.69. The third-order valence-electron chi connectivity index (χ3n) is 2.54. The fourth-order valence-corrected chi connectivity index (χ4v) is 1.59.